The van der Waals surface area contributed by atoms with Gasteiger partial charge >= 0.3 is 11.9 Å². The molecule has 0 aliphatic heterocycles. The van der Waals surface area contributed by atoms with Crippen molar-refractivity contribution >= 4 is 47.3 Å². The maximum Gasteiger partial charge on any atom is 0.326 e. The van der Waals surface area contributed by atoms with Crippen molar-refractivity contribution < 1.29 is 29.4 Å². The molecule has 0 spiro atoms. The molecule has 2 amide bonds. The van der Waals surface area contributed by atoms with Gasteiger partial charge in [-0.15, -0.1) is 0 Å². The summed E-state index contributed by atoms with van der Waals surface area (Å²) in [7, 11) is 0. The zero-order valence-electron chi connectivity index (χ0n) is 18.0. The number of carbonyl (C=O) groups excluding carboxylic acids is 2. The average molecular weight is 465 g/mol. The molecule has 0 aliphatic rings. The summed E-state index contributed by atoms with van der Waals surface area (Å²) >= 11 is 3.09. The number of carboxylic acid groups (broad SMARTS) is 2. The van der Waals surface area contributed by atoms with Crippen molar-refractivity contribution in [3.8, 4) is 0 Å². The van der Waals surface area contributed by atoms with Gasteiger partial charge in [0.1, 0.15) is 12.1 Å². The van der Waals surface area contributed by atoms with E-state index in [1.807, 2.05) is 12.5 Å². The fraction of sp³-hybridized carbons (Fsp3) is 0.800. The van der Waals surface area contributed by atoms with E-state index in [9.17, 15) is 19.2 Å². The van der Waals surface area contributed by atoms with E-state index in [0.717, 1.165) is 25.7 Å². The summed E-state index contributed by atoms with van der Waals surface area (Å²) in [6.07, 6.45) is 10.3. The summed E-state index contributed by atoms with van der Waals surface area (Å²) in [6.45, 7) is 0. The fourth-order valence-corrected chi connectivity index (χ4v) is 3.74. The van der Waals surface area contributed by atoms with Gasteiger partial charge in [-0.1, -0.05) is 25.7 Å². The molecule has 0 aromatic rings. The van der Waals surface area contributed by atoms with Crippen LogP contribution in [0.5, 0.6) is 0 Å². The molecule has 0 radical (unpaired) electrons. The van der Waals surface area contributed by atoms with Crippen LogP contribution in [0.4, 0.5) is 0 Å². The maximum atomic E-state index is 11.9. The lowest BCUT2D eigenvalue weighted by Gasteiger charge is -2.14. The lowest BCUT2D eigenvalue weighted by Crippen LogP contribution is -2.41. The highest BCUT2D eigenvalue weighted by molar-refractivity contribution is 7.98. The van der Waals surface area contributed by atoms with Gasteiger partial charge in [0.05, 0.1) is 0 Å². The zero-order chi connectivity index (χ0) is 22.8. The van der Waals surface area contributed by atoms with E-state index in [4.69, 9.17) is 10.2 Å². The van der Waals surface area contributed by atoms with Crippen LogP contribution in [0.2, 0.25) is 0 Å². The quantitative estimate of drug-likeness (QED) is 0.215. The molecule has 0 aromatic carbocycles. The minimum Gasteiger partial charge on any atom is -0.480 e. The first-order chi connectivity index (χ1) is 14.3. The van der Waals surface area contributed by atoms with Gasteiger partial charge in [-0.2, -0.15) is 23.5 Å². The second-order valence-corrected chi connectivity index (χ2v) is 9.07. The normalized spacial score (nSPS) is 12.7. The molecule has 0 saturated carbocycles. The number of aliphatic carboxylic acids is 2. The van der Waals surface area contributed by atoms with E-state index in [-0.39, 0.29) is 11.8 Å². The van der Waals surface area contributed by atoms with Gasteiger partial charge in [0.2, 0.25) is 11.8 Å². The molecule has 30 heavy (non-hydrogen) atoms. The van der Waals surface area contributed by atoms with Crippen LogP contribution in [0.3, 0.4) is 0 Å². The van der Waals surface area contributed by atoms with Crippen LogP contribution in [-0.2, 0) is 19.2 Å². The van der Waals surface area contributed by atoms with Crippen molar-refractivity contribution in [3.05, 3.63) is 0 Å². The largest absolute Gasteiger partial charge is 0.480 e. The molecule has 0 aromatic heterocycles. The van der Waals surface area contributed by atoms with Crippen molar-refractivity contribution in [2.45, 2.75) is 76.3 Å². The number of amides is 2. The van der Waals surface area contributed by atoms with Gasteiger partial charge in [-0.3, -0.25) is 9.59 Å². The number of carbonyl (C=O) groups is 4. The summed E-state index contributed by atoms with van der Waals surface area (Å²) in [5, 5.41) is 23.4. The van der Waals surface area contributed by atoms with Crippen molar-refractivity contribution in [2.24, 2.45) is 0 Å². The molecule has 0 fully saturated rings. The third-order valence-electron chi connectivity index (χ3n) is 4.55. The molecule has 0 heterocycles. The van der Waals surface area contributed by atoms with Gasteiger partial charge < -0.3 is 20.8 Å². The van der Waals surface area contributed by atoms with E-state index in [0.29, 0.717) is 50.0 Å². The van der Waals surface area contributed by atoms with Crippen molar-refractivity contribution in [2.75, 3.05) is 24.0 Å². The second-order valence-electron chi connectivity index (χ2n) is 7.10. The van der Waals surface area contributed by atoms with Gasteiger partial charge in [0, 0.05) is 12.8 Å². The number of nitrogens with one attached hydrogen (secondary N) is 2. The molecule has 174 valence electrons. The van der Waals surface area contributed by atoms with Crippen LogP contribution in [0.25, 0.3) is 0 Å². The number of thioether (sulfide) groups is 2. The molecule has 0 saturated heterocycles. The molecule has 10 heteroatoms. The molecular weight excluding hydrogens is 428 g/mol. The lowest BCUT2D eigenvalue weighted by atomic mass is 10.1. The Morgan fingerprint density at radius 2 is 1.00 bits per heavy atom. The Kier molecular flexibility index (Phi) is 17.5. The first-order valence-corrected chi connectivity index (χ1v) is 13.1. The molecule has 0 rings (SSSR count). The first kappa shape index (κ1) is 28.6. The van der Waals surface area contributed by atoms with Crippen LogP contribution >= 0.6 is 23.5 Å². The van der Waals surface area contributed by atoms with Crippen molar-refractivity contribution in [1.82, 2.24) is 10.6 Å². The Morgan fingerprint density at radius 1 is 0.667 bits per heavy atom. The standard InChI is InChI=1S/C20H36N2O6S2/c1-29-13-11-15(19(25)26)21-17(23)9-7-5-3-4-6-8-10-18(24)22-16(20(27)28)12-14-30-2/h15-16H,3-14H2,1-2H3,(H,21,23)(H,22,24)(H,25,26)(H,27,28)/t15-,16-/m0/s1. The molecule has 0 aliphatic carbocycles. The van der Waals surface area contributed by atoms with Gasteiger partial charge in [-0.05, 0) is 49.7 Å². The summed E-state index contributed by atoms with van der Waals surface area (Å²) < 4.78 is 0. The Bertz CT molecular complexity index is 487. The molecule has 8 nitrogen and oxygen atoms in total. The average Bonchev–Trinajstić information content (AvgIpc) is 2.69. The van der Waals surface area contributed by atoms with Crippen LogP contribution < -0.4 is 10.6 Å². The Morgan fingerprint density at radius 3 is 1.30 bits per heavy atom. The molecule has 2 atom stereocenters. The Labute approximate surface area is 187 Å². The second kappa shape index (κ2) is 18.4. The number of hydrogen-bond acceptors (Lipinski definition) is 6. The van der Waals surface area contributed by atoms with Crippen LogP contribution in [0, 0.1) is 0 Å². The summed E-state index contributed by atoms with van der Waals surface area (Å²) in [5.41, 5.74) is 0. The van der Waals surface area contributed by atoms with E-state index < -0.39 is 24.0 Å². The Hall–Kier alpha value is -1.42. The summed E-state index contributed by atoms with van der Waals surface area (Å²) in [5.74, 6) is -1.08. The first-order valence-electron chi connectivity index (χ1n) is 10.3. The number of carboxylic acids is 2. The number of rotatable bonds is 19. The lowest BCUT2D eigenvalue weighted by molar-refractivity contribution is -0.142. The summed E-state index contributed by atoms with van der Waals surface area (Å²) in [4.78, 5) is 46.0. The highest BCUT2D eigenvalue weighted by Gasteiger charge is 2.19. The predicted octanol–water partition coefficient (Wildman–Crippen LogP) is 2.75. The van der Waals surface area contributed by atoms with Gasteiger partial charge in [0.25, 0.3) is 0 Å². The van der Waals surface area contributed by atoms with Gasteiger partial charge in [-0.25, -0.2) is 9.59 Å². The molecular formula is C20H36N2O6S2. The minimum atomic E-state index is -1.000. The third kappa shape index (κ3) is 15.4. The third-order valence-corrected chi connectivity index (χ3v) is 5.83. The van der Waals surface area contributed by atoms with Gasteiger partial charge in [0.15, 0.2) is 0 Å². The number of unbranched alkanes of at least 4 members (excludes halogenated alkanes) is 5. The Balaban J connectivity index is 3.79. The van der Waals surface area contributed by atoms with Crippen LogP contribution in [0.15, 0.2) is 0 Å². The zero-order valence-corrected chi connectivity index (χ0v) is 19.6. The van der Waals surface area contributed by atoms with E-state index in [2.05, 4.69) is 10.6 Å². The molecule has 4 N–H and O–H groups in total. The van der Waals surface area contributed by atoms with E-state index in [1.165, 1.54) is 0 Å². The highest BCUT2D eigenvalue weighted by Crippen LogP contribution is 2.10. The van der Waals surface area contributed by atoms with Crippen LogP contribution in [0.1, 0.15) is 64.2 Å². The van der Waals surface area contributed by atoms with Crippen LogP contribution in [-0.4, -0.2) is 70.1 Å². The van der Waals surface area contributed by atoms with Crippen molar-refractivity contribution in [3.63, 3.8) is 0 Å². The minimum absolute atomic E-state index is 0.227. The fourth-order valence-electron chi connectivity index (χ4n) is 2.80. The topological polar surface area (TPSA) is 133 Å². The molecule has 0 bridgehead atoms. The molecule has 0 unspecified atom stereocenters. The maximum absolute atomic E-state index is 11.9. The predicted molar refractivity (Wildman–Crippen MR) is 122 cm³/mol. The highest BCUT2D eigenvalue weighted by atomic mass is 32.2. The smallest absolute Gasteiger partial charge is 0.326 e. The SMILES string of the molecule is CSCC[C@H](NC(=O)CCCCCCCCC(=O)N[C@@H](CCSC)C(=O)O)C(=O)O. The van der Waals surface area contributed by atoms with Crippen molar-refractivity contribution in [1.29, 1.82) is 0 Å². The monoisotopic (exact) mass is 464 g/mol. The van der Waals surface area contributed by atoms with E-state index in [1.54, 1.807) is 23.5 Å². The summed E-state index contributed by atoms with van der Waals surface area (Å²) in [6, 6.07) is -1.64. The van der Waals surface area contributed by atoms with E-state index >= 15 is 0 Å². The number of hydrogen-bond donors (Lipinski definition) is 4.